The van der Waals surface area contributed by atoms with E-state index >= 15 is 0 Å². The van der Waals surface area contributed by atoms with Crippen molar-refractivity contribution in [1.82, 2.24) is 10.6 Å². The largest absolute Gasteiger partial charge is 0.396 e. The number of carbonyl (C=O) groups excluding carboxylic acids is 2. The predicted octanol–water partition coefficient (Wildman–Crippen LogP) is 2.56. The molecule has 2 rings (SSSR count). The maximum Gasteiger partial charge on any atom is 0.267 e. The Balaban J connectivity index is 2.22. The summed E-state index contributed by atoms with van der Waals surface area (Å²) in [5.74, 6) is -0.735. The zero-order valence-corrected chi connectivity index (χ0v) is 15.7. The fraction of sp³-hybridized carbons (Fsp3) is 0.158. The molecule has 0 atom stereocenters. The van der Waals surface area contributed by atoms with E-state index in [2.05, 4.69) is 33.2 Å². The highest BCUT2D eigenvalue weighted by molar-refractivity contribution is 14.1. The van der Waals surface area contributed by atoms with E-state index in [1.165, 1.54) is 0 Å². The van der Waals surface area contributed by atoms with E-state index in [9.17, 15) is 9.59 Å². The van der Waals surface area contributed by atoms with Crippen molar-refractivity contribution in [3.8, 4) is 0 Å². The molecule has 5 nitrogen and oxygen atoms in total. The molecule has 0 heterocycles. The van der Waals surface area contributed by atoms with Crippen LogP contribution in [0.4, 0.5) is 0 Å². The number of rotatable bonds is 7. The zero-order valence-electron chi connectivity index (χ0n) is 13.5. The third-order valence-electron chi connectivity index (χ3n) is 3.34. The number of hydrogen-bond donors (Lipinski definition) is 3. The van der Waals surface area contributed by atoms with Crippen LogP contribution in [0.1, 0.15) is 22.3 Å². The van der Waals surface area contributed by atoms with E-state index in [1.807, 2.05) is 42.5 Å². The fourth-order valence-electron chi connectivity index (χ4n) is 2.09. The molecule has 3 N–H and O–H groups in total. The molecule has 0 aliphatic heterocycles. The van der Waals surface area contributed by atoms with Crippen molar-refractivity contribution in [2.75, 3.05) is 13.2 Å². The van der Waals surface area contributed by atoms with Gasteiger partial charge in [0.1, 0.15) is 5.70 Å². The summed E-state index contributed by atoms with van der Waals surface area (Å²) in [6, 6.07) is 16.4. The number of amides is 2. The number of aliphatic hydroxyl groups excluding tert-OH is 1. The number of aliphatic hydroxyl groups is 1. The number of benzene rings is 2. The molecule has 0 fully saturated rings. The van der Waals surface area contributed by atoms with Gasteiger partial charge in [0.25, 0.3) is 11.8 Å². The maximum absolute atomic E-state index is 12.5. The molecule has 0 bridgehead atoms. The van der Waals surface area contributed by atoms with Crippen molar-refractivity contribution in [1.29, 1.82) is 0 Å². The third kappa shape index (κ3) is 5.99. The van der Waals surface area contributed by atoms with Gasteiger partial charge in [-0.3, -0.25) is 9.59 Å². The van der Waals surface area contributed by atoms with Gasteiger partial charge in [-0.15, -0.1) is 0 Å². The molecule has 0 saturated heterocycles. The molecule has 2 aromatic rings. The second-order valence-corrected chi connectivity index (χ2v) is 6.40. The Morgan fingerprint density at radius 2 is 1.72 bits per heavy atom. The lowest BCUT2D eigenvalue weighted by molar-refractivity contribution is -0.117. The van der Waals surface area contributed by atoms with Crippen LogP contribution in [0.25, 0.3) is 6.08 Å². The van der Waals surface area contributed by atoms with Crippen molar-refractivity contribution >= 4 is 40.5 Å². The van der Waals surface area contributed by atoms with Crippen molar-refractivity contribution in [2.24, 2.45) is 0 Å². The summed E-state index contributed by atoms with van der Waals surface area (Å²) in [5.41, 5.74) is 1.47. The molecule has 6 heteroatoms. The Bertz CT molecular complexity index is 760. The molecule has 130 valence electrons. The number of halogens is 1. The first-order valence-electron chi connectivity index (χ1n) is 7.83. The highest BCUT2D eigenvalue weighted by atomic mass is 127. The third-order valence-corrected chi connectivity index (χ3v) is 4.28. The van der Waals surface area contributed by atoms with E-state index in [-0.39, 0.29) is 18.2 Å². The van der Waals surface area contributed by atoms with Gasteiger partial charge in [-0.05, 0) is 52.8 Å². The number of nitrogens with one attached hydrogen (secondary N) is 2. The minimum Gasteiger partial charge on any atom is -0.396 e. The van der Waals surface area contributed by atoms with Crippen molar-refractivity contribution in [3.05, 3.63) is 75.0 Å². The second kappa shape index (κ2) is 9.95. The molecular formula is C19H19IN2O3. The van der Waals surface area contributed by atoms with Crippen LogP contribution in [-0.2, 0) is 4.79 Å². The Morgan fingerprint density at radius 1 is 1.04 bits per heavy atom. The van der Waals surface area contributed by atoms with Crippen LogP contribution >= 0.6 is 22.6 Å². The Labute approximate surface area is 160 Å². The molecule has 0 saturated carbocycles. The fourth-order valence-corrected chi connectivity index (χ4v) is 2.72. The van der Waals surface area contributed by atoms with Crippen LogP contribution < -0.4 is 10.6 Å². The lowest BCUT2D eigenvalue weighted by Crippen LogP contribution is -2.35. The summed E-state index contributed by atoms with van der Waals surface area (Å²) >= 11 is 2.08. The van der Waals surface area contributed by atoms with Crippen molar-refractivity contribution in [2.45, 2.75) is 6.42 Å². The van der Waals surface area contributed by atoms with E-state index in [4.69, 9.17) is 5.11 Å². The number of hydrogen-bond acceptors (Lipinski definition) is 3. The summed E-state index contributed by atoms with van der Waals surface area (Å²) < 4.78 is 0.803. The maximum atomic E-state index is 12.5. The smallest absolute Gasteiger partial charge is 0.267 e. The Morgan fingerprint density at radius 3 is 2.40 bits per heavy atom. The first-order chi connectivity index (χ1) is 12.1. The molecule has 25 heavy (non-hydrogen) atoms. The topological polar surface area (TPSA) is 78.4 Å². The summed E-state index contributed by atoms with van der Waals surface area (Å²) in [6.07, 6.45) is 2.08. The Hall–Kier alpha value is -2.19. The van der Waals surface area contributed by atoms with Crippen LogP contribution in [0.3, 0.4) is 0 Å². The quantitative estimate of drug-likeness (QED) is 0.345. The van der Waals surface area contributed by atoms with Gasteiger partial charge in [0.15, 0.2) is 0 Å². The van der Waals surface area contributed by atoms with E-state index in [1.54, 1.807) is 18.2 Å². The molecule has 0 aliphatic carbocycles. The predicted molar refractivity (Wildman–Crippen MR) is 106 cm³/mol. The van der Waals surface area contributed by atoms with Gasteiger partial charge < -0.3 is 15.7 Å². The monoisotopic (exact) mass is 450 g/mol. The van der Waals surface area contributed by atoms with Gasteiger partial charge in [0.2, 0.25) is 0 Å². The summed E-state index contributed by atoms with van der Waals surface area (Å²) in [7, 11) is 0. The van der Waals surface area contributed by atoms with Gasteiger partial charge in [0.05, 0.1) is 5.56 Å². The molecule has 0 unspecified atom stereocenters. The standard InChI is InChI=1S/C19H19IN2O3/c20-16-10-5-4-9-15(16)18(24)22-17(19(25)21-11-6-12-23)13-14-7-2-1-3-8-14/h1-5,7-10,13,23H,6,11-12H2,(H,21,25)(H,22,24)/b17-13+. The molecule has 0 aliphatic rings. The normalized spacial score (nSPS) is 11.0. The van der Waals surface area contributed by atoms with E-state index in [0.29, 0.717) is 18.5 Å². The van der Waals surface area contributed by atoms with Crippen molar-refractivity contribution in [3.63, 3.8) is 0 Å². The van der Waals surface area contributed by atoms with E-state index in [0.717, 1.165) is 9.13 Å². The Kier molecular flexibility index (Phi) is 7.62. The summed E-state index contributed by atoms with van der Waals surface area (Å²) in [6.45, 7) is 0.326. The summed E-state index contributed by atoms with van der Waals surface area (Å²) in [4.78, 5) is 24.9. The highest BCUT2D eigenvalue weighted by Crippen LogP contribution is 2.12. The van der Waals surface area contributed by atoms with Crippen LogP contribution in [0.5, 0.6) is 0 Å². The van der Waals surface area contributed by atoms with Gasteiger partial charge in [-0.25, -0.2) is 0 Å². The summed E-state index contributed by atoms with van der Waals surface area (Å²) in [5, 5.41) is 14.2. The second-order valence-electron chi connectivity index (χ2n) is 5.24. The SMILES string of the molecule is O=C(NCCCO)/C(=C\c1ccccc1)NC(=O)c1ccccc1I. The first kappa shape index (κ1) is 19.1. The molecule has 2 amide bonds. The van der Waals surface area contributed by atoms with Crippen LogP contribution in [0, 0.1) is 3.57 Å². The number of carbonyl (C=O) groups is 2. The van der Waals surface area contributed by atoms with Crippen molar-refractivity contribution < 1.29 is 14.7 Å². The highest BCUT2D eigenvalue weighted by Gasteiger charge is 2.15. The molecular weight excluding hydrogens is 431 g/mol. The molecule has 2 aromatic carbocycles. The van der Waals surface area contributed by atoms with Gasteiger partial charge in [-0.1, -0.05) is 42.5 Å². The minimum atomic E-state index is -0.392. The van der Waals surface area contributed by atoms with Gasteiger partial charge >= 0.3 is 0 Å². The zero-order chi connectivity index (χ0) is 18.1. The van der Waals surface area contributed by atoms with Crippen LogP contribution in [-0.4, -0.2) is 30.1 Å². The van der Waals surface area contributed by atoms with Crippen LogP contribution in [0.2, 0.25) is 0 Å². The average molecular weight is 450 g/mol. The first-order valence-corrected chi connectivity index (χ1v) is 8.91. The van der Waals surface area contributed by atoms with Gasteiger partial charge in [0, 0.05) is 16.7 Å². The van der Waals surface area contributed by atoms with E-state index < -0.39 is 5.91 Å². The average Bonchev–Trinajstić information content (AvgIpc) is 2.62. The van der Waals surface area contributed by atoms with Crippen LogP contribution in [0.15, 0.2) is 60.3 Å². The molecule has 0 spiro atoms. The minimum absolute atomic E-state index is 0.00736. The molecule has 0 aromatic heterocycles. The lowest BCUT2D eigenvalue weighted by atomic mass is 10.1. The lowest BCUT2D eigenvalue weighted by Gasteiger charge is -2.11. The van der Waals surface area contributed by atoms with Gasteiger partial charge in [-0.2, -0.15) is 0 Å². The molecule has 0 radical (unpaired) electrons.